The smallest absolute Gasteiger partial charge is 0.309 e. The van der Waals surface area contributed by atoms with Crippen LogP contribution < -0.4 is 0 Å². The third-order valence-electron chi connectivity index (χ3n) is 5.06. The van der Waals surface area contributed by atoms with Crippen molar-refractivity contribution in [3.8, 4) is 16.9 Å². The second kappa shape index (κ2) is 7.32. The van der Waals surface area contributed by atoms with Crippen LogP contribution in [0.15, 0.2) is 54.7 Å². The summed E-state index contributed by atoms with van der Waals surface area (Å²) in [6.45, 7) is 4.17. The first kappa shape index (κ1) is 17.4. The average molecular weight is 362 g/mol. The minimum absolute atomic E-state index is 0.218. The number of aryl methyl sites for hydroxylation is 1. The van der Waals surface area contributed by atoms with Gasteiger partial charge in [0.25, 0.3) is 0 Å². The van der Waals surface area contributed by atoms with Crippen molar-refractivity contribution in [2.75, 3.05) is 13.1 Å². The number of likely N-dealkylation sites (tertiary alicyclic amines) is 1. The Balaban J connectivity index is 1.42. The Morgan fingerprint density at radius 2 is 1.74 bits per heavy atom. The van der Waals surface area contributed by atoms with Gasteiger partial charge in [-0.1, -0.05) is 48.5 Å². The molecule has 0 aliphatic carbocycles. The lowest BCUT2D eigenvalue weighted by Gasteiger charge is -2.36. The molecule has 0 unspecified atom stereocenters. The second-order valence-electron chi connectivity index (χ2n) is 6.99. The molecular weight excluding hydrogens is 340 g/mol. The van der Waals surface area contributed by atoms with Gasteiger partial charge in [-0.15, -0.1) is 5.10 Å². The molecular formula is C21H22N4O2. The third kappa shape index (κ3) is 3.75. The van der Waals surface area contributed by atoms with Gasteiger partial charge in [-0.3, -0.25) is 9.69 Å². The fraction of sp³-hybridized carbons (Fsp3) is 0.286. The minimum Gasteiger partial charge on any atom is -0.481 e. The fourth-order valence-corrected chi connectivity index (χ4v) is 3.30. The quantitative estimate of drug-likeness (QED) is 0.730. The van der Waals surface area contributed by atoms with E-state index in [0.717, 1.165) is 35.5 Å². The van der Waals surface area contributed by atoms with Crippen LogP contribution in [0.5, 0.6) is 0 Å². The number of rotatable bonds is 6. The highest BCUT2D eigenvalue weighted by Crippen LogP contribution is 2.21. The maximum Gasteiger partial charge on any atom is 0.309 e. The number of carboxylic acid groups (broad SMARTS) is 1. The Morgan fingerprint density at radius 1 is 1.07 bits per heavy atom. The van der Waals surface area contributed by atoms with Crippen molar-refractivity contribution in [2.24, 2.45) is 5.92 Å². The number of carboxylic acids is 1. The van der Waals surface area contributed by atoms with E-state index in [-0.39, 0.29) is 5.92 Å². The van der Waals surface area contributed by atoms with Gasteiger partial charge in [0.1, 0.15) is 5.69 Å². The highest BCUT2D eigenvalue weighted by Gasteiger charge is 2.32. The van der Waals surface area contributed by atoms with E-state index in [1.165, 1.54) is 5.56 Å². The molecule has 1 aliphatic rings. The number of aliphatic carboxylic acids is 1. The molecule has 1 aliphatic heterocycles. The van der Waals surface area contributed by atoms with Crippen LogP contribution in [-0.2, 0) is 17.8 Å². The van der Waals surface area contributed by atoms with Gasteiger partial charge < -0.3 is 5.11 Å². The van der Waals surface area contributed by atoms with Crippen LogP contribution in [0.1, 0.15) is 18.1 Å². The Labute approximate surface area is 158 Å². The van der Waals surface area contributed by atoms with Gasteiger partial charge in [0.05, 0.1) is 17.8 Å². The monoisotopic (exact) mass is 362 g/mol. The molecule has 0 saturated carbocycles. The van der Waals surface area contributed by atoms with E-state index in [1.54, 1.807) is 4.68 Å². The van der Waals surface area contributed by atoms with Crippen molar-refractivity contribution in [3.63, 3.8) is 0 Å². The largest absolute Gasteiger partial charge is 0.481 e. The van der Waals surface area contributed by atoms with Crippen LogP contribution in [0, 0.1) is 5.92 Å². The van der Waals surface area contributed by atoms with Crippen molar-refractivity contribution < 1.29 is 9.90 Å². The Bertz CT molecular complexity index is 926. The topological polar surface area (TPSA) is 71.2 Å². The Kier molecular flexibility index (Phi) is 4.73. The van der Waals surface area contributed by atoms with E-state index < -0.39 is 5.97 Å². The van der Waals surface area contributed by atoms with Crippen molar-refractivity contribution in [3.05, 3.63) is 65.9 Å². The zero-order valence-corrected chi connectivity index (χ0v) is 15.2. The van der Waals surface area contributed by atoms with Crippen LogP contribution >= 0.6 is 0 Å². The molecule has 0 radical (unpaired) electrons. The molecule has 0 amide bonds. The number of hydrogen-bond acceptors (Lipinski definition) is 4. The fourth-order valence-electron chi connectivity index (χ4n) is 3.30. The van der Waals surface area contributed by atoms with Crippen molar-refractivity contribution in [2.45, 2.75) is 19.9 Å². The van der Waals surface area contributed by atoms with Crippen molar-refractivity contribution in [1.29, 1.82) is 0 Å². The molecule has 1 aromatic heterocycles. The van der Waals surface area contributed by atoms with Gasteiger partial charge in [-0.2, -0.15) is 0 Å². The van der Waals surface area contributed by atoms with Gasteiger partial charge in [0.15, 0.2) is 0 Å². The van der Waals surface area contributed by atoms with E-state index in [1.807, 2.05) is 18.3 Å². The van der Waals surface area contributed by atoms with Gasteiger partial charge in [0.2, 0.25) is 0 Å². The zero-order valence-electron chi connectivity index (χ0n) is 15.2. The second-order valence-corrected chi connectivity index (χ2v) is 6.99. The van der Waals surface area contributed by atoms with Gasteiger partial charge in [0, 0.05) is 25.2 Å². The molecule has 138 valence electrons. The van der Waals surface area contributed by atoms with E-state index in [2.05, 4.69) is 58.5 Å². The summed E-state index contributed by atoms with van der Waals surface area (Å²) < 4.78 is 1.77. The highest BCUT2D eigenvalue weighted by molar-refractivity contribution is 5.71. The lowest BCUT2D eigenvalue weighted by molar-refractivity contribution is -0.147. The molecule has 0 atom stereocenters. The number of carbonyl (C=O) groups is 1. The Morgan fingerprint density at radius 3 is 2.37 bits per heavy atom. The predicted molar refractivity (Wildman–Crippen MR) is 103 cm³/mol. The summed E-state index contributed by atoms with van der Waals surface area (Å²) in [4.78, 5) is 13.0. The van der Waals surface area contributed by atoms with E-state index in [9.17, 15) is 4.79 Å². The first-order chi connectivity index (χ1) is 13.1. The lowest BCUT2D eigenvalue weighted by atomic mass is 9.99. The molecule has 6 heteroatoms. The number of hydrogen-bond donors (Lipinski definition) is 1. The van der Waals surface area contributed by atoms with Crippen LogP contribution in [0.2, 0.25) is 0 Å². The molecule has 3 aromatic rings. The maximum absolute atomic E-state index is 10.9. The molecule has 1 saturated heterocycles. The van der Waals surface area contributed by atoms with E-state index in [4.69, 9.17) is 5.11 Å². The van der Waals surface area contributed by atoms with E-state index in [0.29, 0.717) is 13.1 Å². The summed E-state index contributed by atoms with van der Waals surface area (Å²) in [6, 6.07) is 16.5. The standard InChI is InChI=1S/C21H22N4O2/c1-2-15-3-7-17(8-4-15)20-14-25(23-22-20)19-9-5-16(6-10-19)11-24-12-18(13-24)21(26)27/h3-10,14,18H,2,11-13H2,1H3,(H,26,27). The van der Waals surface area contributed by atoms with Gasteiger partial charge in [-0.05, 0) is 29.7 Å². The summed E-state index contributed by atoms with van der Waals surface area (Å²) in [5.41, 5.74) is 5.33. The summed E-state index contributed by atoms with van der Waals surface area (Å²) in [5, 5.41) is 17.5. The first-order valence-corrected chi connectivity index (χ1v) is 9.18. The first-order valence-electron chi connectivity index (χ1n) is 9.18. The molecule has 6 nitrogen and oxygen atoms in total. The molecule has 27 heavy (non-hydrogen) atoms. The van der Waals surface area contributed by atoms with Crippen LogP contribution in [0.4, 0.5) is 0 Å². The lowest BCUT2D eigenvalue weighted by Crippen LogP contribution is -2.49. The van der Waals surface area contributed by atoms with Gasteiger partial charge >= 0.3 is 5.97 Å². The highest BCUT2D eigenvalue weighted by atomic mass is 16.4. The summed E-state index contributed by atoms with van der Waals surface area (Å²) >= 11 is 0. The van der Waals surface area contributed by atoms with Crippen molar-refractivity contribution in [1.82, 2.24) is 19.9 Å². The molecule has 2 heterocycles. The summed E-state index contributed by atoms with van der Waals surface area (Å²) in [6.07, 6.45) is 2.95. The normalized spacial score (nSPS) is 14.9. The third-order valence-corrected chi connectivity index (χ3v) is 5.06. The average Bonchev–Trinajstić information content (AvgIpc) is 3.15. The van der Waals surface area contributed by atoms with Gasteiger partial charge in [-0.25, -0.2) is 4.68 Å². The SMILES string of the molecule is CCc1ccc(-c2cn(-c3ccc(CN4CC(C(=O)O)C4)cc3)nn2)cc1. The molecule has 4 rings (SSSR count). The minimum atomic E-state index is -0.701. The maximum atomic E-state index is 10.9. The predicted octanol–water partition coefficient (Wildman–Crippen LogP) is 3.01. The molecule has 1 N–H and O–H groups in total. The number of aromatic nitrogens is 3. The number of nitrogens with zero attached hydrogens (tertiary/aromatic N) is 4. The van der Waals surface area contributed by atoms with Crippen molar-refractivity contribution >= 4 is 5.97 Å². The molecule has 0 bridgehead atoms. The van der Waals surface area contributed by atoms with E-state index >= 15 is 0 Å². The summed E-state index contributed by atoms with van der Waals surface area (Å²) in [7, 11) is 0. The Hall–Kier alpha value is -2.99. The number of benzene rings is 2. The van der Waals surface area contributed by atoms with Crippen LogP contribution in [0.3, 0.4) is 0 Å². The molecule has 0 spiro atoms. The zero-order chi connectivity index (χ0) is 18.8. The summed E-state index contributed by atoms with van der Waals surface area (Å²) in [5.74, 6) is -0.919. The van der Waals surface area contributed by atoms with Crippen LogP contribution in [0.25, 0.3) is 16.9 Å². The molecule has 1 fully saturated rings. The van der Waals surface area contributed by atoms with Crippen LogP contribution in [-0.4, -0.2) is 44.1 Å². The molecule has 2 aromatic carbocycles.